The second-order valence-corrected chi connectivity index (χ2v) is 6.16. The first-order chi connectivity index (χ1) is 7.95. The highest BCUT2D eigenvalue weighted by molar-refractivity contribution is 9.10. The van der Waals surface area contributed by atoms with E-state index in [9.17, 15) is 4.79 Å². The molecular weight excluding hydrogens is 280 g/mol. The van der Waals surface area contributed by atoms with E-state index in [-0.39, 0.29) is 5.41 Å². The van der Waals surface area contributed by atoms with E-state index in [0.717, 1.165) is 36.0 Å². The summed E-state index contributed by atoms with van der Waals surface area (Å²) in [4.78, 5) is 11.5. The normalized spacial score (nSPS) is 24.6. The molecule has 17 heavy (non-hydrogen) atoms. The molecule has 2 rings (SSSR count). The van der Waals surface area contributed by atoms with Crippen LogP contribution in [0.15, 0.2) is 4.47 Å². The highest BCUT2D eigenvalue weighted by atomic mass is 79.9. The van der Waals surface area contributed by atoms with Gasteiger partial charge in [0.2, 0.25) is 0 Å². The molecule has 0 saturated heterocycles. The van der Waals surface area contributed by atoms with E-state index in [2.05, 4.69) is 34.9 Å². The lowest BCUT2D eigenvalue weighted by atomic mass is 9.84. The molecule has 4 heteroatoms. The minimum atomic E-state index is 0.124. The Labute approximate surface area is 111 Å². The molecule has 1 heterocycles. The lowest BCUT2D eigenvalue weighted by Gasteiger charge is -2.23. The van der Waals surface area contributed by atoms with E-state index in [4.69, 9.17) is 0 Å². The Morgan fingerprint density at radius 2 is 2.24 bits per heavy atom. The number of aromatic nitrogens is 2. The van der Waals surface area contributed by atoms with Gasteiger partial charge in [-0.2, -0.15) is 5.10 Å². The van der Waals surface area contributed by atoms with Gasteiger partial charge in [0, 0.05) is 19.4 Å². The third-order valence-corrected chi connectivity index (χ3v) is 4.71. The highest BCUT2D eigenvalue weighted by Crippen LogP contribution is 2.40. The molecule has 1 atom stereocenters. The zero-order chi connectivity index (χ0) is 12.6. The molecule has 1 aromatic heterocycles. The van der Waals surface area contributed by atoms with Gasteiger partial charge in [0.25, 0.3) is 0 Å². The lowest BCUT2D eigenvalue weighted by Crippen LogP contribution is -2.18. The van der Waals surface area contributed by atoms with E-state index in [0.29, 0.717) is 12.2 Å². The SMILES string of the molecule is CCn1nc(C)c(Br)c1CC1(C)CCC(=O)C1. The molecule has 0 amide bonds. The lowest BCUT2D eigenvalue weighted by molar-refractivity contribution is -0.117. The number of aryl methyl sites for hydroxylation is 2. The number of rotatable bonds is 3. The van der Waals surface area contributed by atoms with Gasteiger partial charge >= 0.3 is 0 Å². The second kappa shape index (κ2) is 4.56. The van der Waals surface area contributed by atoms with Crippen LogP contribution in [0.2, 0.25) is 0 Å². The molecule has 0 aliphatic heterocycles. The van der Waals surface area contributed by atoms with Crippen molar-refractivity contribution < 1.29 is 4.79 Å². The van der Waals surface area contributed by atoms with Crippen molar-refractivity contribution in [1.29, 1.82) is 0 Å². The Hall–Kier alpha value is -0.640. The molecule has 1 unspecified atom stereocenters. The molecule has 1 aliphatic carbocycles. The van der Waals surface area contributed by atoms with Crippen LogP contribution in [0.1, 0.15) is 44.5 Å². The van der Waals surface area contributed by atoms with Crippen LogP contribution in [-0.4, -0.2) is 15.6 Å². The fourth-order valence-corrected chi connectivity index (χ4v) is 3.11. The molecule has 0 bridgehead atoms. The Kier molecular flexibility index (Phi) is 3.43. The van der Waals surface area contributed by atoms with E-state index in [1.54, 1.807) is 0 Å². The molecular formula is C13H19BrN2O. The second-order valence-electron chi connectivity index (χ2n) is 5.36. The zero-order valence-corrected chi connectivity index (χ0v) is 12.3. The van der Waals surface area contributed by atoms with Gasteiger partial charge in [-0.25, -0.2) is 0 Å². The van der Waals surface area contributed by atoms with Crippen molar-refractivity contribution in [2.75, 3.05) is 0 Å². The van der Waals surface area contributed by atoms with Gasteiger partial charge in [0.1, 0.15) is 5.78 Å². The Bertz CT molecular complexity index is 453. The van der Waals surface area contributed by atoms with Gasteiger partial charge < -0.3 is 0 Å². The number of carbonyl (C=O) groups excluding carboxylic acids is 1. The van der Waals surface area contributed by atoms with Crippen LogP contribution in [0.4, 0.5) is 0 Å². The van der Waals surface area contributed by atoms with Crippen LogP contribution in [-0.2, 0) is 17.8 Å². The fraction of sp³-hybridized carbons (Fsp3) is 0.692. The largest absolute Gasteiger partial charge is 0.300 e. The third-order valence-electron chi connectivity index (χ3n) is 3.68. The number of ketones is 1. The Morgan fingerprint density at radius 1 is 1.53 bits per heavy atom. The predicted molar refractivity (Wildman–Crippen MR) is 71.0 cm³/mol. The van der Waals surface area contributed by atoms with Gasteiger partial charge in [0.15, 0.2) is 0 Å². The molecule has 1 fully saturated rings. The van der Waals surface area contributed by atoms with Crippen molar-refractivity contribution in [3.63, 3.8) is 0 Å². The van der Waals surface area contributed by atoms with Gasteiger partial charge in [-0.3, -0.25) is 9.48 Å². The van der Waals surface area contributed by atoms with Crippen molar-refractivity contribution in [1.82, 2.24) is 9.78 Å². The van der Waals surface area contributed by atoms with E-state index in [1.807, 2.05) is 11.6 Å². The minimum Gasteiger partial charge on any atom is -0.300 e. The molecule has 3 nitrogen and oxygen atoms in total. The fourth-order valence-electron chi connectivity index (χ4n) is 2.69. The number of halogens is 1. The predicted octanol–water partition coefficient (Wildman–Crippen LogP) is 3.28. The van der Waals surface area contributed by atoms with Crippen LogP contribution in [0, 0.1) is 12.3 Å². The summed E-state index contributed by atoms with van der Waals surface area (Å²) < 4.78 is 3.16. The Morgan fingerprint density at radius 3 is 2.76 bits per heavy atom. The average Bonchev–Trinajstić information content (AvgIpc) is 2.74. The summed E-state index contributed by atoms with van der Waals surface area (Å²) in [5, 5.41) is 4.51. The van der Waals surface area contributed by atoms with E-state index in [1.165, 1.54) is 5.69 Å². The summed E-state index contributed by atoms with van der Waals surface area (Å²) in [5.41, 5.74) is 2.40. The molecule has 0 N–H and O–H groups in total. The maximum Gasteiger partial charge on any atom is 0.133 e. The van der Waals surface area contributed by atoms with Crippen molar-refractivity contribution in [2.45, 2.75) is 53.0 Å². The first kappa shape index (κ1) is 12.8. The monoisotopic (exact) mass is 298 g/mol. The smallest absolute Gasteiger partial charge is 0.133 e. The van der Waals surface area contributed by atoms with Gasteiger partial charge in [0.05, 0.1) is 15.9 Å². The van der Waals surface area contributed by atoms with Crippen molar-refractivity contribution in [3.8, 4) is 0 Å². The van der Waals surface area contributed by atoms with Gasteiger partial charge in [-0.15, -0.1) is 0 Å². The van der Waals surface area contributed by atoms with Crippen LogP contribution in [0.5, 0.6) is 0 Å². The number of hydrogen-bond donors (Lipinski definition) is 0. The number of carbonyl (C=O) groups is 1. The highest BCUT2D eigenvalue weighted by Gasteiger charge is 2.35. The minimum absolute atomic E-state index is 0.124. The topological polar surface area (TPSA) is 34.9 Å². The van der Waals surface area contributed by atoms with Gasteiger partial charge in [-0.05, 0) is 48.0 Å². The molecule has 94 valence electrons. The summed E-state index contributed by atoms with van der Waals surface area (Å²) >= 11 is 3.62. The van der Waals surface area contributed by atoms with Crippen LogP contribution in [0.3, 0.4) is 0 Å². The summed E-state index contributed by atoms with van der Waals surface area (Å²) in [6.07, 6.45) is 3.40. The molecule has 0 aromatic carbocycles. The molecule has 1 saturated carbocycles. The maximum absolute atomic E-state index is 11.5. The summed E-state index contributed by atoms with van der Waals surface area (Å²) in [6.45, 7) is 7.21. The average molecular weight is 299 g/mol. The molecule has 1 aromatic rings. The third kappa shape index (κ3) is 2.46. The molecule has 0 spiro atoms. The summed E-state index contributed by atoms with van der Waals surface area (Å²) in [7, 11) is 0. The first-order valence-corrected chi connectivity index (χ1v) is 6.98. The van der Waals surface area contributed by atoms with Crippen LogP contribution >= 0.6 is 15.9 Å². The van der Waals surface area contributed by atoms with Crippen LogP contribution < -0.4 is 0 Å². The molecule has 0 radical (unpaired) electrons. The van der Waals surface area contributed by atoms with Crippen molar-refractivity contribution >= 4 is 21.7 Å². The number of nitrogens with zero attached hydrogens (tertiary/aromatic N) is 2. The summed E-state index contributed by atoms with van der Waals surface area (Å²) in [5.74, 6) is 0.405. The number of hydrogen-bond acceptors (Lipinski definition) is 2. The van der Waals surface area contributed by atoms with E-state index < -0.39 is 0 Å². The standard InChI is InChI=1S/C13H19BrN2O/c1-4-16-11(12(14)9(2)15-16)8-13(3)6-5-10(17)7-13/h4-8H2,1-3H3. The maximum atomic E-state index is 11.5. The van der Waals surface area contributed by atoms with Crippen LogP contribution in [0.25, 0.3) is 0 Å². The van der Waals surface area contributed by atoms with Crippen molar-refractivity contribution in [2.24, 2.45) is 5.41 Å². The van der Waals surface area contributed by atoms with Gasteiger partial charge in [-0.1, -0.05) is 6.92 Å². The van der Waals surface area contributed by atoms with Crippen molar-refractivity contribution in [3.05, 3.63) is 15.9 Å². The number of Topliss-reactive ketones (excluding diaryl/α,β-unsaturated/α-hetero) is 1. The summed E-state index contributed by atoms with van der Waals surface area (Å²) in [6, 6.07) is 0. The van der Waals surface area contributed by atoms with E-state index >= 15 is 0 Å². The molecule has 1 aliphatic rings. The first-order valence-electron chi connectivity index (χ1n) is 6.18. The zero-order valence-electron chi connectivity index (χ0n) is 10.7. The quantitative estimate of drug-likeness (QED) is 0.858. The Balaban J connectivity index is 2.26.